The molecule has 0 amide bonds. The van der Waals surface area contributed by atoms with Gasteiger partial charge < -0.3 is 10.1 Å². The maximum Gasteiger partial charge on any atom is 0.165 e. The van der Waals surface area contributed by atoms with Crippen LogP contribution in [-0.4, -0.2) is 13.7 Å². The zero-order valence-electron chi connectivity index (χ0n) is 10.5. The Kier molecular flexibility index (Phi) is 5.51. The monoisotopic (exact) mass is 235 g/mol. The van der Waals surface area contributed by atoms with Gasteiger partial charge in [-0.15, -0.1) is 11.8 Å². The second-order valence-corrected chi connectivity index (χ2v) is 3.75. The van der Waals surface area contributed by atoms with Gasteiger partial charge in [0.1, 0.15) is 0 Å². The first-order valence-electron chi connectivity index (χ1n) is 5.65. The van der Waals surface area contributed by atoms with E-state index in [0.717, 1.165) is 18.5 Å². The van der Waals surface area contributed by atoms with Crippen LogP contribution < -0.4 is 10.1 Å². The molecular weight excluding hydrogens is 217 g/mol. The molecule has 92 valence electrons. The number of nitrogens with one attached hydrogen (secondary N) is 1. The molecule has 2 nitrogen and oxygen atoms in total. The highest BCUT2D eigenvalue weighted by molar-refractivity contribution is 5.30. The fraction of sp³-hybridized carbons (Fsp3) is 0.429. The van der Waals surface area contributed by atoms with Gasteiger partial charge in [-0.05, 0) is 31.5 Å². The van der Waals surface area contributed by atoms with E-state index < -0.39 is 0 Å². The van der Waals surface area contributed by atoms with E-state index in [4.69, 9.17) is 4.74 Å². The van der Waals surface area contributed by atoms with Gasteiger partial charge in [0.25, 0.3) is 0 Å². The van der Waals surface area contributed by atoms with Crippen LogP contribution in [0.25, 0.3) is 0 Å². The van der Waals surface area contributed by atoms with E-state index in [-0.39, 0.29) is 17.6 Å². The molecule has 1 N–H and O–H groups in total. The summed E-state index contributed by atoms with van der Waals surface area (Å²) in [6.45, 7) is 4.62. The van der Waals surface area contributed by atoms with Crippen molar-refractivity contribution in [2.75, 3.05) is 13.7 Å². The molecule has 0 spiro atoms. The fourth-order valence-electron chi connectivity index (χ4n) is 1.55. The largest absolute Gasteiger partial charge is 0.494 e. The number of benzene rings is 1. The van der Waals surface area contributed by atoms with E-state index in [0.29, 0.717) is 0 Å². The Hall–Kier alpha value is -1.53. The number of halogens is 1. The third-order valence-corrected chi connectivity index (χ3v) is 2.55. The van der Waals surface area contributed by atoms with Crippen LogP contribution in [0.4, 0.5) is 4.39 Å². The van der Waals surface area contributed by atoms with Crippen molar-refractivity contribution in [2.45, 2.75) is 26.3 Å². The molecule has 1 atom stereocenters. The molecule has 0 aliphatic rings. The molecule has 0 aliphatic carbocycles. The summed E-state index contributed by atoms with van der Waals surface area (Å²) in [6, 6.07) is 5.12. The molecule has 3 heteroatoms. The molecule has 1 unspecified atom stereocenters. The SMILES string of the molecule is CC#CCCNC(C)c1ccc(OC)c(F)c1. The molecule has 0 aromatic heterocycles. The molecular formula is C14H18FNO. The van der Waals surface area contributed by atoms with E-state index in [2.05, 4.69) is 17.2 Å². The van der Waals surface area contributed by atoms with Crippen LogP contribution in [0.3, 0.4) is 0 Å². The van der Waals surface area contributed by atoms with E-state index >= 15 is 0 Å². The Morgan fingerprint density at radius 3 is 2.82 bits per heavy atom. The first kappa shape index (κ1) is 13.5. The molecule has 1 aromatic carbocycles. The number of hydrogen-bond donors (Lipinski definition) is 1. The van der Waals surface area contributed by atoms with Crippen molar-refractivity contribution in [3.63, 3.8) is 0 Å². The van der Waals surface area contributed by atoms with Crippen molar-refractivity contribution >= 4 is 0 Å². The number of ether oxygens (including phenoxy) is 1. The zero-order valence-corrected chi connectivity index (χ0v) is 10.5. The molecule has 0 aliphatic heterocycles. The van der Waals surface area contributed by atoms with Crippen molar-refractivity contribution in [3.8, 4) is 17.6 Å². The third-order valence-electron chi connectivity index (χ3n) is 2.55. The quantitative estimate of drug-likeness (QED) is 0.626. The van der Waals surface area contributed by atoms with Gasteiger partial charge in [0, 0.05) is 19.0 Å². The van der Waals surface area contributed by atoms with Crippen LogP contribution in [0.1, 0.15) is 31.9 Å². The molecule has 1 rings (SSSR count). The molecule has 1 aromatic rings. The molecule has 0 radical (unpaired) electrons. The lowest BCUT2D eigenvalue weighted by molar-refractivity contribution is 0.385. The highest BCUT2D eigenvalue weighted by atomic mass is 19.1. The van der Waals surface area contributed by atoms with Crippen LogP contribution in [-0.2, 0) is 0 Å². The van der Waals surface area contributed by atoms with Gasteiger partial charge in [-0.1, -0.05) is 6.07 Å². The van der Waals surface area contributed by atoms with Crippen LogP contribution in [0, 0.1) is 17.7 Å². The highest BCUT2D eigenvalue weighted by Gasteiger charge is 2.08. The Balaban J connectivity index is 2.58. The standard InChI is InChI=1S/C14H18FNO/c1-4-5-6-9-16-11(2)12-7-8-14(17-3)13(15)10-12/h7-8,10-11,16H,6,9H2,1-3H3. The normalized spacial score (nSPS) is 11.5. The van der Waals surface area contributed by atoms with Crippen molar-refractivity contribution in [1.82, 2.24) is 5.32 Å². The van der Waals surface area contributed by atoms with Gasteiger partial charge in [-0.25, -0.2) is 4.39 Å². The molecule has 0 fully saturated rings. The summed E-state index contributed by atoms with van der Waals surface area (Å²) in [6.07, 6.45) is 0.805. The minimum absolute atomic E-state index is 0.106. The summed E-state index contributed by atoms with van der Waals surface area (Å²) >= 11 is 0. The van der Waals surface area contributed by atoms with Gasteiger partial charge in [0.2, 0.25) is 0 Å². The summed E-state index contributed by atoms with van der Waals surface area (Å²) in [7, 11) is 1.46. The predicted molar refractivity (Wildman–Crippen MR) is 67.4 cm³/mol. The third kappa shape index (κ3) is 4.08. The lowest BCUT2D eigenvalue weighted by atomic mass is 10.1. The average Bonchev–Trinajstić information content (AvgIpc) is 2.34. The van der Waals surface area contributed by atoms with Crippen LogP contribution in [0.15, 0.2) is 18.2 Å². The second kappa shape index (κ2) is 6.93. The predicted octanol–water partition coefficient (Wildman–Crippen LogP) is 2.90. The fourth-order valence-corrected chi connectivity index (χ4v) is 1.55. The molecule has 17 heavy (non-hydrogen) atoms. The van der Waals surface area contributed by atoms with Gasteiger partial charge in [0.05, 0.1) is 7.11 Å². The minimum Gasteiger partial charge on any atom is -0.494 e. The van der Waals surface area contributed by atoms with Crippen LogP contribution in [0.2, 0.25) is 0 Å². The molecule has 0 bridgehead atoms. The number of hydrogen-bond acceptors (Lipinski definition) is 2. The topological polar surface area (TPSA) is 21.3 Å². The van der Waals surface area contributed by atoms with Crippen molar-refractivity contribution in [2.24, 2.45) is 0 Å². The summed E-state index contributed by atoms with van der Waals surface area (Å²) < 4.78 is 18.4. The Morgan fingerprint density at radius 1 is 1.47 bits per heavy atom. The van der Waals surface area contributed by atoms with Gasteiger partial charge in [0.15, 0.2) is 11.6 Å². The molecule has 0 heterocycles. The van der Waals surface area contributed by atoms with E-state index in [1.54, 1.807) is 6.07 Å². The number of methoxy groups -OCH3 is 1. The lowest BCUT2D eigenvalue weighted by Crippen LogP contribution is -2.19. The Labute approximate surface area is 102 Å². The van der Waals surface area contributed by atoms with Gasteiger partial charge >= 0.3 is 0 Å². The Bertz CT molecular complexity index is 420. The smallest absolute Gasteiger partial charge is 0.165 e. The van der Waals surface area contributed by atoms with Gasteiger partial charge in [-0.2, -0.15) is 0 Å². The molecule has 0 saturated heterocycles. The van der Waals surface area contributed by atoms with Crippen molar-refractivity contribution in [3.05, 3.63) is 29.6 Å². The second-order valence-electron chi connectivity index (χ2n) is 3.75. The Morgan fingerprint density at radius 2 is 2.24 bits per heavy atom. The van der Waals surface area contributed by atoms with E-state index in [9.17, 15) is 4.39 Å². The average molecular weight is 235 g/mol. The van der Waals surface area contributed by atoms with Crippen LogP contribution in [0.5, 0.6) is 5.75 Å². The highest BCUT2D eigenvalue weighted by Crippen LogP contribution is 2.21. The van der Waals surface area contributed by atoms with Crippen LogP contribution >= 0.6 is 0 Å². The van der Waals surface area contributed by atoms with Gasteiger partial charge in [-0.3, -0.25) is 0 Å². The first-order valence-corrected chi connectivity index (χ1v) is 5.65. The van der Waals surface area contributed by atoms with E-state index in [1.807, 2.05) is 19.9 Å². The van der Waals surface area contributed by atoms with E-state index in [1.165, 1.54) is 13.2 Å². The first-order chi connectivity index (χ1) is 8.19. The maximum absolute atomic E-state index is 13.5. The zero-order chi connectivity index (χ0) is 12.7. The van der Waals surface area contributed by atoms with Crippen molar-refractivity contribution < 1.29 is 9.13 Å². The lowest BCUT2D eigenvalue weighted by Gasteiger charge is -2.14. The summed E-state index contributed by atoms with van der Waals surface area (Å²) in [4.78, 5) is 0. The maximum atomic E-state index is 13.5. The summed E-state index contributed by atoms with van der Waals surface area (Å²) in [5.41, 5.74) is 0.910. The number of rotatable bonds is 5. The molecule has 0 saturated carbocycles. The minimum atomic E-state index is -0.327. The summed E-state index contributed by atoms with van der Waals surface area (Å²) in [5.74, 6) is 5.77. The summed E-state index contributed by atoms with van der Waals surface area (Å²) in [5, 5.41) is 3.29. The van der Waals surface area contributed by atoms with Crippen molar-refractivity contribution in [1.29, 1.82) is 0 Å².